The molecule has 200 valence electrons. The summed E-state index contributed by atoms with van der Waals surface area (Å²) < 4.78 is 7.25. The first kappa shape index (κ1) is 26.6. The second-order valence-corrected chi connectivity index (χ2v) is 12.2. The number of benzene rings is 1. The molecule has 1 aliphatic rings. The fourth-order valence-electron chi connectivity index (χ4n) is 4.91. The maximum absolute atomic E-state index is 12.7. The number of nitrogens with one attached hydrogen (secondary N) is 2. The van der Waals surface area contributed by atoms with Crippen molar-refractivity contribution in [1.29, 1.82) is 0 Å². The van der Waals surface area contributed by atoms with Gasteiger partial charge in [0.15, 0.2) is 0 Å². The van der Waals surface area contributed by atoms with E-state index in [0.717, 1.165) is 45.3 Å². The number of carbonyl (C=O) groups excluding carboxylic acids is 1. The lowest BCUT2D eigenvalue weighted by molar-refractivity contribution is 0.0949. The number of carbonyl (C=O) groups is 1. The van der Waals surface area contributed by atoms with Crippen molar-refractivity contribution in [3.8, 4) is 11.8 Å². The summed E-state index contributed by atoms with van der Waals surface area (Å²) in [5.41, 5.74) is 2.51. The number of fused-ring (bicyclic) bond motifs is 5. The van der Waals surface area contributed by atoms with Crippen LogP contribution in [0.2, 0.25) is 5.28 Å². The highest BCUT2D eigenvalue weighted by atomic mass is 35.5. The molecule has 1 amide bonds. The van der Waals surface area contributed by atoms with Gasteiger partial charge in [0.05, 0.1) is 11.2 Å². The summed E-state index contributed by atoms with van der Waals surface area (Å²) >= 11 is 7.66. The first-order valence-electron chi connectivity index (χ1n) is 13.0. The number of anilines is 1. The van der Waals surface area contributed by atoms with Gasteiger partial charge in [0.25, 0.3) is 5.91 Å². The Labute approximate surface area is 231 Å². The summed E-state index contributed by atoms with van der Waals surface area (Å²) in [5, 5.41) is 8.60. The molecule has 3 aromatic heterocycles. The molecule has 0 spiro atoms. The lowest BCUT2D eigenvalue weighted by Gasteiger charge is -2.26. The molecule has 4 aromatic rings. The predicted molar refractivity (Wildman–Crippen MR) is 155 cm³/mol. The Morgan fingerprint density at radius 2 is 1.89 bits per heavy atom. The zero-order valence-electron chi connectivity index (χ0n) is 22.3. The third-order valence-corrected chi connectivity index (χ3v) is 7.64. The van der Waals surface area contributed by atoms with Crippen LogP contribution in [0.3, 0.4) is 0 Å². The maximum Gasteiger partial charge on any atom is 0.263 e. The summed E-state index contributed by atoms with van der Waals surface area (Å²) in [7, 11) is 0. The van der Waals surface area contributed by atoms with Crippen LogP contribution in [0.5, 0.6) is 11.8 Å². The summed E-state index contributed by atoms with van der Waals surface area (Å²) in [6.07, 6.45) is 1.74. The minimum atomic E-state index is -0.0445. The number of pyridine rings is 1. The third kappa shape index (κ3) is 5.70. The summed E-state index contributed by atoms with van der Waals surface area (Å²) in [6.45, 7) is 14.1. The highest BCUT2D eigenvalue weighted by molar-refractivity contribution is 7.21. The monoisotopic (exact) mass is 552 g/mol. The van der Waals surface area contributed by atoms with E-state index in [-0.39, 0.29) is 17.2 Å². The van der Waals surface area contributed by atoms with Crippen molar-refractivity contribution in [2.24, 2.45) is 11.8 Å². The van der Waals surface area contributed by atoms with Crippen LogP contribution in [0.25, 0.3) is 21.0 Å². The van der Waals surface area contributed by atoms with Gasteiger partial charge in [-0.1, -0.05) is 27.7 Å². The van der Waals surface area contributed by atoms with Crippen molar-refractivity contribution in [2.75, 3.05) is 25.0 Å². The van der Waals surface area contributed by atoms with Gasteiger partial charge in [-0.3, -0.25) is 9.69 Å². The minimum Gasteiger partial charge on any atom is -0.420 e. The number of ether oxygens (including phenoxy) is 1. The Morgan fingerprint density at radius 3 is 2.63 bits per heavy atom. The number of halogens is 1. The van der Waals surface area contributed by atoms with E-state index in [1.807, 2.05) is 31.2 Å². The number of aromatic nitrogens is 3. The number of nitrogens with zero attached hydrogens (tertiary/aromatic N) is 4. The van der Waals surface area contributed by atoms with Crippen molar-refractivity contribution in [3.63, 3.8) is 0 Å². The van der Waals surface area contributed by atoms with Crippen LogP contribution in [0.15, 0.2) is 30.5 Å². The Morgan fingerprint density at radius 1 is 1.13 bits per heavy atom. The van der Waals surface area contributed by atoms with E-state index >= 15 is 0 Å². The number of hydrogen-bond acceptors (Lipinski definition) is 8. The van der Waals surface area contributed by atoms with Gasteiger partial charge in [-0.2, -0.15) is 4.98 Å². The van der Waals surface area contributed by atoms with Crippen molar-refractivity contribution in [3.05, 3.63) is 46.2 Å². The molecule has 1 aliphatic heterocycles. The molecule has 8 nitrogen and oxygen atoms in total. The van der Waals surface area contributed by atoms with Crippen LogP contribution in [0, 0.1) is 11.8 Å². The molecular weight excluding hydrogens is 520 g/mol. The standard InChI is InChI=1S/C28H33ClN6O2S/c1-15(2)12-35(13-16(3)4)14-18-11-31-28(29)34-27(18)37-22-9-6-19-20(33-22)7-8-21-23(19)24-25(38-21)26(36)32-17(5)10-30-24/h6-9,11,15-17,30H,10,12-14H2,1-5H3,(H,32,36)/t17-/m0/s1. The molecular formula is C28H33ClN6O2S. The SMILES string of the molecule is CC(C)CN(Cc1cnc(Cl)nc1Oc1ccc2c(ccc3sc4c(c32)NC[C@H](C)NC4=O)n1)CC(C)C. The molecule has 4 heterocycles. The fraction of sp³-hybridized carbons (Fsp3) is 0.429. The van der Waals surface area contributed by atoms with E-state index in [0.29, 0.717) is 41.6 Å². The predicted octanol–water partition coefficient (Wildman–Crippen LogP) is 6.34. The number of hydrogen-bond donors (Lipinski definition) is 2. The second kappa shape index (κ2) is 11.0. The van der Waals surface area contributed by atoms with Gasteiger partial charge < -0.3 is 15.4 Å². The zero-order valence-corrected chi connectivity index (χ0v) is 23.9. The van der Waals surface area contributed by atoms with Crippen molar-refractivity contribution < 1.29 is 9.53 Å². The Hall–Kier alpha value is -3.01. The molecule has 0 radical (unpaired) electrons. The van der Waals surface area contributed by atoms with Gasteiger partial charge in [0.2, 0.25) is 17.0 Å². The fourth-order valence-corrected chi connectivity index (χ4v) is 6.13. The average Bonchev–Trinajstić information content (AvgIpc) is 3.16. The normalized spacial score (nSPS) is 15.7. The van der Waals surface area contributed by atoms with Crippen LogP contribution < -0.4 is 15.4 Å². The summed E-state index contributed by atoms with van der Waals surface area (Å²) in [5.74, 6) is 1.85. The molecule has 0 saturated carbocycles. The van der Waals surface area contributed by atoms with Gasteiger partial charge in [-0.15, -0.1) is 11.3 Å². The van der Waals surface area contributed by atoms with Gasteiger partial charge >= 0.3 is 0 Å². The first-order valence-corrected chi connectivity index (χ1v) is 14.2. The number of thiophene rings is 1. The Bertz CT molecular complexity index is 1480. The lowest BCUT2D eigenvalue weighted by atomic mass is 10.1. The second-order valence-electron chi connectivity index (χ2n) is 10.8. The van der Waals surface area contributed by atoms with Crippen LogP contribution >= 0.6 is 22.9 Å². The molecule has 10 heteroatoms. The van der Waals surface area contributed by atoms with E-state index in [1.165, 1.54) is 11.3 Å². The molecule has 0 fully saturated rings. The molecule has 0 saturated heterocycles. The lowest BCUT2D eigenvalue weighted by Crippen LogP contribution is -2.34. The van der Waals surface area contributed by atoms with Gasteiger partial charge in [0.1, 0.15) is 4.88 Å². The van der Waals surface area contributed by atoms with E-state index in [2.05, 4.69) is 53.2 Å². The van der Waals surface area contributed by atoms with Gasteiger partial charge in [-0.25, -0.2) is 9.97 Å². The van der Waals surface area contributed by atoms with Crippen LogP contribution in [0.1, 0.15) is 49.9 Å². The van der Waals surface area contributed by atoms with Crippen LogP contribution in [0.4, 0.5) is 5.69 Å². The average molecular weight is 553 g/mol. The Kier molecular flexibility index (Phi) is 7.70. The van der Waals surface area contributed by atoms with E-state index in [4.69, 9.17) is 21.3 Å². The smallest absolute Gasteiger partial charge is 0.263 e. The minimum absolute atomic E-state index is 0.0445. The van der Waals surface area contributed by atoms with Crippen molar-refractivity contribution in [2.45, 2.75) is 47.2 Å². The molecule has 38 heavy (non-hydrogen) atoms. The Balaban J connectivity index is 1.48. The van der Waals surface area contributed by atoms with Crippen LogP contribution in [-0.4, -0.2) is 51.4 Å². The number of amides is 1. The van der Waals surface area contributed by atoms with Crippen molar-refractivity contribution in [1.82, 2.24) is 25.2 Å². The zero-order chi connectivity index (χ0) is 27.0. The third-order valence-electron chi connectivity index (χ3n) is 6.30. The van der Waals surface area contributed by atoms with E-state index in [9.17, 15) is 4.79 Å². The molecule has 1 aromatic carbocycles. The van der Waals surface area contributed by atoms with Gasteiger partial charge in [0, 0.05) is 65.5 Å². The highest BCUT2D eigenvalue weighted by Crippen LogP contribution is 2.41. The quantitative estimate of drug-likeness (QED) is 0.246. The van der Waals surface area contributed by atoms with E-state index in [1.54, 1.807) is 6.20 Å². The van der Waals surface area contributed by atoms with Crippen molar-refractivity contribution >= 4 is 55.5 Å². The topological polar surface area (TPSA) is 92.3 Å². The molecule has 5 rings (SSSR count). The largest absolute Gasteiger partial charge is 0.420 e. The van der Waals surface area contributed by atoms with E-state index < -0.39 is 0 Å². The highest BCUT2D eigenvalue weighted by Gasteiger charge is 2.25. The van der Waals surface area contributed by atoms with Gasteiger partial charge in [-0.05, 0) is 48.6 Å². The molecule has 0 bridgehead atoms. The maximum atomic E-state index is 12.7. The molecule has 0 aliphatic carbocycles. The van der Waals surface area contributed by atoms with Crippen LogP contribution in [-0.2, 0) is 6.54 Å². The molecule has 0 unspecified atom stereocenters. The molecule has 1 atom stereocenters. The summed E-state index contributed by atoms with van der Waals surface area (Å²) in [4.78, 5) is 29.2. The molecule has 2 N–H and O–H groups in total. The first-order chi connectivity index (χ1) is 18.2. The summed E-state index contributed by atoms with van der Waals surface area (Å²) in [6, 6.07) is 7.85. The number of rotatable bonds is 8.